The van der Waals surface area contributed by atoms with Gasteiger partial charge in [-0.15, -0.1) is 0 Å². The van der Waals surface area contributed by atoms with Gasteiger partial charge in [0.2, 0.25) is 0 Å². The van der Waals surface area contributed by atoms with Crippen LogP contribution in [-0.2, 0) is 6.61 Å². The molecule has 3 nitrogen and oxygen atoms in total. The van der Waals surface area contributed by atoms with Crippen molar-refractivity contribution >= 4 is 5.78 Å². The molecular formula is C17H18O3. The predicted octanol–water partition coefficient (Wildman–Crippen LogP) is 3.87. The first-order valence-electron chi connectivity index (χ1n) is 6.65. The van der Waals surface area contributed by atoms with Crippen molar-refractivity contribution in [2.75, 3.05) is 6.61 Å². The van der Waals surface area contributed by atoms with Crippen molar-refractivity contribution in [3.8, 4) is 11.5 Å². The Hall–Kier alpha value is -2.29. The Morgan fingerprint density at radius 2 is 1.80 bits per heavy atom. The van der Waals surface area contributed by atoms with Crippen molar-refractivity contribution in [1.29, 1.82) is 0 Å². The first-order chi connectivity index (χ1) is 9.70. The highest BCUT2D eigenvalue weighted by Gasteiger charge is 2.08. The van der Waals surface area contributed by atoms with E-state index in [2.05, 4.69) is 0 Å². The summed E-state index contributed by atoms with van der Waals surface area (Å²) in [5.41, 5.74) is 1.54. The molecule has 0 aromatic heterocycles. The summed E-state index contributed by atoms with van der Waals surface area (Å²) in [7, 11) is 0. The molecule has 3 heteroatoms. The molecule has 0 bridgehead atoms. The molecule has 0 aliphatic carbocycles. The van der Waals surface area contributed by atoms with Crippen molar-refractivity contribution < 1.29 is 14.3 Å². The molecule has 2 aromatic carbocycles. The average molecular weight is 270 g/mol. The Morgan fingerprint density at radius 1 is 1.05 bits per heavy atom. The van der Waals surface area contributed by atoms with E-state index in [1.807, 2.05) is 49.4 Å². The van der Waals surface area contributed by atoms with E-state index >= 15 is 0 Å². The third-order valence-electron chi connectivity index (χ3n) is 2.90. The van der Waals surface area contributed by atoms with Crippen LogP contribution in [0.4, 0.5) is 0 Å². The molecule has 0 aliphatic rings. The fourth-order valence-electron chi connectivity index (χ4n) is 1.89. The molecule has 0 heterocycles. The lowest BCUT2D eigenvalue weighted by Crippen LogP contribution is -2.03. The van der Waals surface area contributed by atoms with E-state index < -0.39 is 0 Å². The number of benzene rings is 2. The smallest absolute Gasteiger partial charge is 0.159 e. The summed E-state index contributed by atoms with van der Waals surface area (Å²) in [5, 5.41) is 0. The standard InChI is InChI=1S/C17H18O3/c1-3-19-17-10-9-14(13(2)18)11-15(17)12-20-16-7-5-4-6-8-16/h4-11H,3,12H2,1-2H3. The lowest BCUT2D eigenvalue weighted by atomic mass is 10.1. The van der Waals surface area contributed by atoms with Crippen LogP contribution in [0.1, 0.15) is 29.8 Å². The van der Waals surface area contributed by atoms with Gasteiger partial charge in [-0.05, 0) is 44.2 Å². The average Bonchev–Trinajstić information content (AvgIpc) is 2.47. The Bertz CT molecular complexity index is 576. The fraction of sp³-hybridized carbons (Fsp3) is 0.235. The van der Waals surface area contributed by atoms with E-state index in [9.17, 15) is 4.79 Å². The van der Waals surface area contributed by atoms with E-state index in [0.29, 0.717) is 18.8 Å². The molecule has 20 heavy (non-hydrogen) atoms. The third kappa shape index (κ3) is 3.60. The van der Waals surface area contributed by atoms with E-state index in [1.54, 1.807) is 13.0 Å². The molecule has 0 saturated heterocycles. The van der Waals surface area contributed by atoms with Crippen LogP contribution >= 0.6 is 0 Å². The molecule has 0 spiro atoms. The van der Waals surface area contributed by atoms with Crippen molar-refractivity contribution in [2.24, 2.45) is 0 Å². The molecular weight excluding hydrogens is 252 g/mol. The highest BCUT2D eigenvalue weighted by atomic mass is 16.5. The largest absolute Gasteiger partial charge is 0.493 e. The highest BCUT2D eigenvalue weighted by molar-refractivity contribution is 5.94. The molecule has 0 amide bonds. The van der Waals surface area contributed by atoms with Crippen LogP contribution in [0.15, 0.2) is 48.5 Å². The van der Waals surface area contributed by atoms with Crippen molar-refractivity contribution in [3.05, 3.63) is 59.7 Å². The van der Waals surface area contributed by atoms with Crippen molar-refractivity contribution in [3.63, 3.8) is 0 Å². The van der Waals surface area contributed by atoms with Gasteiger partial charge in [-0.3, -0.25) is 4.79 Å². The molecule has 0 fully saturated rings. The van der Waals surface area contributed by atoms with Gasteiger partial charge in [0.15, 0.2) is 5.78 Å². The summed E-state index contributed by atoms with van der Waals surface area (Å²) in [6, 6.07) is 15.0. The van der Waals surface area contributed by atoms with Crippen LogP contribution in [0, 0.1) is 0 Å². The van der Waals surface area contributed by atoms with Crippen LogP contribution in [0.3, 0.4) is 0 Å². The van der Waals surface area contributed by atoms with E-state index in [-0.39, 0.29) is 5.78 Å². The van der Waals surface area contributed by atoms with Crippen LogP contribution in [-0.4, -0.2) is 12.4 Å². The van der Waals surface area contributed by atoms with Crippen molar-refractivity contribution in [1.82, 2.24) is 0 Å². The maximum Gasteiger partial charge on any atom is 0.159 e. The number of para-hydroxylation sites is 1. The summed E-state index contributed by atoms with van der Waals surface area (Å²) in [5.74, 6) is 1.59. The number of ether oxygens (including phenoxy) is 2. The minimum absolute atomic E-state index is 0.0361. The molecule has 2 rings (SSSR count). The molecule has 0 radical (unpaired) electrons. The molecule has 0 saturated carbocycles. The third-order valence-corrected chi connectivity index (χ3v) is 2.90. The Kier molecular flexibility index (Phi) is 4.77. The van der Waals surface area contributed by atoms with Gasteiger partial charge in [0.05, 0.1) is 6.61 Å². The second kappa shape index (κ2) is 6.75. The second-order valence-electron chi connectivity index (χ2n) is 4.41. The van der Waals surface area contributed by atoms with Gasteiger partial charge in [-0.1, -0.05) is 18.2 Å². The highest BCUT2D eigenvalue weighted by Crippen LogP contribution is 2.23. The lowest BCUT2D eigenvalue weighted by molar-refractivity contribution is 0.101. The number of rotatable bonds is 6. The van der Waals surface area contributed by atoms with Crippen LogP contribution in [0.25, 0.3) is 0 Å². The Morgan fingerprint density at radius 3 is 2.45 bits per heavy atom. The van der Waals surface area contributed by atoms with Gasteiger partial charge < -0.3 is 9.47 Å². The second-order valence-corrected chi connectivity index (χ2v) is 4.41. The fourth-order valence-corrected chi connectivity index (χ4v) is 1.89. The number of Topliss-reactive ketones (excluding diaryl/α,β-unsaturated/α-hetero) is 1. The van der Waals surface area contributed by atoms with Gasteiger partial charge in [0, 0.05) is 11.1 Å². The zero-order valence-electron chi connectivity index (χ0n) is 11.8. The number of ketones is 1. The van der Waals surface area contributed by atoms with Crippen molar-refractivity contribution in [2.45, 2.75) is 20.5 Å². The van der Waals surface area contributed by atoms with Gasteiger partial charge in [-0.25, -0.2) is 0 Å². The minimum Gasteiger partial charge on any atom is -0.493 e. The maximum absolute atomic E-state index is 11.5. The Balaban J connectivity index is 2.19. The molecule has 0 N–H and O–H groups in total. The summed E-state index contributed by atoms with van der Waals surface area (Å²) in [6.07, 6.45) is 0. The van der Waals surface area contributed by atoms with E-state index in [4.69, 9.17) is 9.47 Å². The predicted molar refractivity (Wildman–Crippen MR) is 78.4 cm³/mol. The zero-order valence-corrected chi connectivity index (χ0v) is 11.8. The topological polar surface area (TPSA) is 35.5 Å². The maximum atomic E-state index is 11.5. The van der Waals surface area contributed by atoms with Gasteiger partial charge in [-0.2, -0.15) is 0 Å². The van der Waals surface area contributed by atoms with Gasteiger partial charge in [0.25, 0.3) is 0 Å². The number of hydrogen-bond donors (Lipinski definition) is 0. The molecule has 0 aliphatic heterocycles. The van der Waals surface area contributed by atoms with Gasteiger partial charge in [0.1, 0.15) is 18.1 Å². The molecule has 104 valence electrons. The number of carbonyl (C=O) groups excluding carboxylic acids is 1. The first-order valence-corrected chi connectivity index (χ1v) is 6.65. The van der Waals surface area contributed by atoms with E-state index in [0.717, 1.165) is 17.1 Å². The molecule has 0 atom stereocenters. The van der Waals surface area contributed by atoms with Gasteiger partial charge >= 0.3 is 0 Å². The zero-order chi connectivity index (χ0) is 14.4. The SMILES string of the molecule is CCOc1ccc(C(C)=O)cc1COc1ccccc1. The van der Waals surface area contributed by atoms with Crippen LogP contribution in [0.2, 0.25) is 0 Å². The van der Waals surface area contributed by atoms with Crippen LogP contribution in [0.5, 0.6) is 11.5 Å². The monoisotopic (exact) mass is 270 g/mol. The van der Waals surface area contributed by atoms with E-state index in [1.165, 1.54) is 0 Å². The quantitative estimate of drug-likeness (QED) is 0.747. The first kappa shape index (κ1) is 14.1. The summed E-state index contributed by atoms with van der Waals surface area (Å²) in [6.45, 7) is 4.44. The number of hydrogen-bond acceptors (Lipinski definition) is 3. The summed E-state index contributed by atoms with van der Waals surface area (Å²) in [4.78, 5) is 11.5. The minimum atomic E-state index is 0.0361. The Labute approximate surface area is 119 Å². The molecule has 2 aromatic rings. The van der Waals surface area contributed by atoms with Crippen LogP contribution < -0.4 is 9.47 Å². The summed E-state index contributed by atoms with van der Waals surface area (Å²) >= 11 is 0. The summed E-state index contributed by atoms with van der Waals surface area (Å²) < 4.78 is 11.3. The lowest BCUT2D eigenvalue weighted by Gasteiger charge is -2.12. The number of carbonyl (C=O) groups is 1. The normalized spacial score (nSPS) is 10.1. The molecule has 0 unspecified atom stereocenters.